The van der Waals surface area contributed by atoms with E-state index >= 15 is 0 Å². The zero-order valence-electron chi connectivity index (χ0n) is 14.7. The number of carbonyl (C=O) groups is 1. The van der Waals surface area contributed by atoms with Crippen LogP contribution in [0.15, 0.2) is 47.2 Å². The summed E-state index contributed by atoms with van der Waals surface area (Å²) in [5.74, 6) is -0.147. The Morgan fingerprint density at radius 3 is 2.92 bits per heavy atom. The molecule has 1 N–H and O–H groups in total. The maximum absolute atomic E-state index is 12.8. The molecule has 1 unspecified atom stereocenters. The molecule has 6 heteroatoms. The van der Waals surface area contributed by atoms with Crippen LogP contribution >= 0.6 is 15.9 Å². The number of benzene rings is 1. The Kier molecular flexibility index (Phi) is 4.36. The van der Waals surface area contributed by atoms with E-state index in [1.165, 1.54) is 11.1 Å². The maximum Gasteiger partial charge on any atom is 0.270 e. The Morgan fingerprint density at radius 2 is 2.15 bits per heavy atom. The number of aryl methyl sites for hydroxylation is 3. The molecule has 1 atom stereocenters. The first-order chi connectivity index (χ1) is 12.5. The van der Waals surface area contributed by atoms with Crippen LogP contribution in [0.4, 0.5) is 0 Å². The number of halogens is 1. The third-order valence-corrected chi connectivity index (χ3v) is 5.30. The normalized spacial score (nSPS) is 15.7. The number of fused-ring (bicyclic) bond motifs is 1. The van der Waals surface area contributed by atoms with E-state index < -0.39 is 0 Å². The predicted molar refractivity (Wildman–Crippen MR) is 104 cm³/mol. The average Bonchev–Trinajstić information content (AvgIpc) is 3.17. The number of nitrogens with one attached hydrogen (secondary N) is 1. The first-order valence-electron chi connectivity index (χ1n) is 8.57. The van der Waals surface area contributed by atoms with Crippen LogP contribution in [0.2, 0.25) is 0 Å². The molecule has 2 heterocycles. The van der Waals surface area contributed by atoms with Crippen molar-refractivity contribution in [2.45, 2.75) is 25.8 Å². The summed E-state index contributed by atoms with van der Waals surface area (Å²) in [4.78, 5) is 17.0. The molecule has 5 nitrogen and oxygen atoms in total. The molecule has 0 radical (unpaired) electrons. The average molecular weight is 411 g/mol. The number of hydrogen-bond acceptors (Lipinski definition) is 3. The second-order valence-electron chi connectivity index (χ2n) is 6.64. The number of nitrogens with zero attached hydrogens (tertiary/aromatic N) is 3. The molecule has 1 aliphatic rings. The monoisotopic (exact) mass is 410 g/mol. The molecule has 1 amide bonds. The Balaban J connectivity index is 1.58. The van der Waals surface area contributed by atoms with Gasteiger partial charge in [-0.25, -0.2) is 0 Å². The Hall–Kier alpha value is -2.47. The second-order valence-corrected chi connectivity index (χ2v) is 7.56. The van der Waals surface area contributed by atoms with Crippen molar-refractivity contribution in [3.8, 4) is 11.1 Å². The van der Waals surface area contributed by atoms with Crippen molar-refractivity contribution < 1.29 is 4.79 Å². The Morgan fingerprint density at radius 1 is 1.31 bits per heavy atom. The van der Waals surface area contributed by atoms with Crippen molar-refractivity contribution in [2.75, 3.05) is 0 Å². The fourth-order valence-corrected chi connectivity index (χ4v) is 3.94. The minimum Gasteiger partial charge on any atom is -0.344 e. The molecule has 0 aliphatic heterocycles. The number of carbonyl (C=O) groups excluding carboxylic acids is 1. The lowest BCUT2D eigenvalue weighted by Crippen LogP contribution is -2.27. The lowest BCUT2D eigenvalue weighted by molar-refractivity contribution is 0.0931. The van der Waals surface area contributed by atoms with E-state index in [0.29, 0.717) is 5.69 Å². The zero-order chi connectivity index (χ0) is 18.3. The van der Waals surface area contributed by atoms with Crippen LogP contribution in [0.1, 0.15) is 39.8 Å². The van der Waals surface area contributed by atoms with Crippen LogP contribution in [0.5, 0.6) is 0 Å². The van der Waals surface area contributed by atoms with Crippen LogP contribution in [0, 0.1) is 6.92 Å². The minimum atomic E-state index is -0.147. The van der Waals surface area contributed by atoms with E-state index in [4.69, 9.17) is 0 Å². The van der Waals surface area contributed by atoms with Crippen molar-refractivity contribution in [2.24, 2.45) is 7.05 Å². The number of aromatic nitrogens is 3. The van der Waals surface area contributed by atoms with Crippen LogP contribution < -0.4 is 5.32 Å². The summed E-state index contributed by atoms with van der Waals surface area (Å²) >= 11 is 3.51. The number of hydrogen-bond donors (Lipinski definition) is 1. The molecule has 1 aliphatic carbocycles. The van der Waals surface area contributed by atoms with Gasteiger partial charge in [-0.05, 0) is 60.7 Å². The highest BCUT2D eigenvalue weighted by molar-refractivity contribution is 9.10. The van der Waals surface area contributed by atoms with Gasteiger partial charge in [0.2, 0.25) is 0 Å². The van der Waals surface area contributed by atoms with Gasteiger partial charge >= 0.3 is 0 Å². The van der Waals surface area contributed by atoms with E-state index in [1.54, 1.807) is 10.9 Å². The molecule has 1 aromatic carbocycles. The van der Waals surface area contributed by atoms with Gasteiger partial charge in [-0.3, -0.25) is 14.5 Å². The lowest BCUT2D eigenvalue weighted by atomic mass is 10.1. The fourth-order valence-electron chi connectivity index (χ4n) is 3.56. The van der Waals surface area contributed by atoms with E-state index in [-0.39, 0.29) is 11.9 Å². The third kappa shape index (κ3) is 3.17. The van der Waals surface area contributed by atoms with Crippen molar-refractivity contribution in [3.63, 3.8) is 0 Å². The summed E-state index contributed by atoms with van der Waals surface area (Å²) in [6.07, 6.45) is 5.53. The molecule has 0 spiro atoms. The van der Waals surface area contributed by atoms with E-state index in [1.807, 2.05) is 38.4 Å². The van der Waals surface area contributed by atoms with E-state index in [2.05, 4.69) is 43.5 Å². The van der Waals surface area contributed by atoms with Crippen molar-refractivity contribution >= 4 is 21.8 Å². The van der Waals surface area contributed by atoms with Crippen molar-refractivity contribution in [3.05, 3.63) is 69.7 Å². The molecule has 132 valence electrons. The van der Waals surface area contributed by atoms with Gasteiger partial charge in [0.25, 0.3) is 5.91 Å². The Bertz CT molecular complexity index is 995. The predicted octanol–water partition coefficient (Wildman–Crippen LogP) is 3.97. The summed E-state index contributed by atoms with van der Waals surface area (Å²) < 4.78 is 2.81. The summed E-state index contributed by atoms with van der Waals surface area (Å²) in [5.41, 5.74) is 5.80. The summed E-state index contributed by atoms with van der Waals surface area (Å²) in [5, 5.41) is 7.50. The molecule has 0 bridgehead atoms. The molecule has 2 aromatic heterocycles. The largest absolute Gasteiger partial charge is 0.344 e. The van der Waals surface area contributed by atoms with Crippen molar-refractivity contribution in [1.82, 2.24) is 20.1 Å². The zero-order valence-corrected chi connectivity index (χ0v) is 16.2. The first-order valence-corrected chi connectivity index (χ1v) is 9.36. The number of rotatable bonds is 3. The quantitative estimate of drug-likeness (QED) is 0.710. The topological polar surface area (TPSA) is 59.8 Å². The smallest absolute Gasteiger partial charge is 0.270 e. The summed E-state index contributed by atoms with van der Waals surface area (Å²) in [6, 6.07) is 10.0. The highest BCUT2D eigenvalue weighted by Crippen LogP contribution is 2.33. The van der Waals surface area contributed by atoms with Gasteiger partial charge in [-0.2, -0.15) is 5.10 Å². The van der Waals surface area contributed by atoms with Gasteiger partial charge in [-0.15, -0.1) is 0 Å². The molecular weight excluding hydrogens is 392 g/mol. The van der Waals surface area contributed by atoms with Crippen LogP contribution in [0.25, 0.3) is 11.1 Å². The number of amides is 1. The molecular formula is C20H19BrN4O. The highest BCUT2D eigenvalue weighted by Gasteiger charge is 2.25. The maximum atomic E-state index is 12.8. The van der Waals surface area contributed by atoms with Gasteiger partial charge < -0.3 is 5.32 Å². The molecule has 4 rings (SSSR count). The first kappa shape index (κ1) is 17.0. The summed E-state index contributed by atoms with van der Waals surface area (Å²) in [6.45, 7) is 1.96. The number of pyridine rings is 1. The summed E-state index contributed by atoms with van der Waals surface area (Å²) in [7, 11) is 1.89. The van der Waals surface area contributed by atoms with Gasteiger partial charge in [-0.1, -0.05) is 22.0 Å². The fraction of sp³-hybridized carbons (Fsp3) is 0.250. The van der Waals surface area contributed by atoms with Gasteiger partial charge in [0.15, 0.2) is 0 Å². The van der Waals surface area contributed by atoms with Gasteiger partial charge in [0.05, 0.1) is 11.7 Å². The van der Waals surface area contributed by atoms with Gasteiger partial charge in [0.1, 0.15) is 5.69 Å². The lowest BCUT2D eigenvalue weighted by Gasteiger charge is -2.14. The van der Waals surface area contributed by atoms with Crippen molar-refractivity contribution in [1.29, 1.82) is 0 Å². The molecule has 26 heavy (non-hydrogen) atoms. The highest BCUT2D eigenvalue weighted by atomic mass is 79.9. The van der Waals surface area contributed by atoms with E-state index in [9.17, 15) is 4.79 Å². The Labute approximate surface area is 160 Å². The van der Waals surface area contributed by atoms with Crippen LogP contribution in [0.3, 0.4) is 0 Å². The minimum absolute atomic E-state index is 0.0283. The standard InChI is InChI=1S/C20H19BrN4O/c1-12-17(11-25(2)24-12)14-7-8-22-19(9-14)20(26)23-18-6-4-13-3-5-15(21)10-16(13)18/h3,5,7-11,18H,4,6H2,1-2H3,(H,23,26). The molecule has 0 fully saturated rings. The SMILES string of the molecule is Cc1nn(C)cc1-c1ccnc(C(=O)NC2CCc3ccc(Br)cc32)c1. The second kappa shape index (κ2) is 6.68. The molecule has 0 saturated carbocycles. The van der Waals surface area contributed by atoms with Crippen LogP contribution in [-0.2, 0) is 13.5 Å². The molecule has 3 aromatic rings. The molecule has 0 saturated heterocycles. The van der Waals surface area contributed by atoms with Gasteiger partial charge in [0, 0.05) is 29.5 Å². The third-order valence-electron chi connectivity index (χ3n) is 4.81. The van der Waals surface area contributed by atoms with Crippen LogP contribution in [-0.4, -0.2) is 20.7 Å². The van der Waals surface area contributed by atoms with E-state index in [0.717, 1.165) is 34.1 Å².